The number of rotatable bonds is 7. The normalized spacial score (nSPS) is 13.2. The van der Waals surface area contributed by atoms with Crippen LogP contribution in [0, 0.1) is 0 Å². The van der Waals surface area contributed by atoms with Crippen molar-refractivity contribution in [3.8, 4) is 5.75 Å². The maximum atomic E-state index is 11.1. The highest BCUT2D eigenvalue weighted by Crippen LogP contribution is 2.35. The molecule has 20 heavy (non-hydrogen) atoms. The van der Waals surface area contributed by atoms with Gasteiger partial charge >= 0.3 is 0 Å². The molecule has 1 aromatic rings. The van der Waals surface area contributed by atoms with Crippen LogP contribution in [0.25, 0.3) is 0 Å². The van der Waals surface area contributed by atoms with Crippen LogP contribution in [0.1, 0.15) is 18.9 Å². The predicted octanol–water partition coefficient (Wildman–Crippen LogP) is 2.91. The summed E-state index contributed by atoms with van der Waals surface area (Å²) in [4.78, 5) is 0. The van der Waals surface area contributed by atoms with Crippen molar-refractivity contribution < 1.29 is 13.2 Å². The third kappa shape index (κ3) is 6.11. The molecule has 7 heteroatoms. The van der Waals surface area contributed by atoms with Crippen LogP contribution in [0.5, 0.6) is 5.75 Å². The zero-order valence-electron chi connectivity index (χ0n) is 11.5. The van der Waals surface area contributed by atoms with Gasteiger partial charge in [0.15, 0.2) is 9.84 Å². The highest BCUT2D eigenvalue weighted by molar-refractivity contribution is 9.11. The monoisotopic (exact) mass is 427 g/mol. The highest BCUT2D eigenvalue weighted by atomic mass is 79.9. The molecule has 0 saturated heterocycles. The fourth-order valence-electron chi connectivity index (χ4n) is 1.61. The Kier molecular flexibility index (Phi) is 6.97. The van der Waals surface area contributed by atoms with E-state index in [-0.39, 0.29) is 18.4 Å². The van der Waals surface area contributed by atoms with Gasteiger partial charge in [-0.15, -0.1) is 0 Å². The van der Waals surface area contributed by atoms with E-state index in [9.17, 15) is 8.42 Å². The number of halogens is 2. The molecule has 0 aromatic heterocycles. The summed E-state index contributed by atoms with van der Waals surface area (Å²) in [5, 5.41) is 0. The van der Waals surface area contributed by atoms with E-state index in [4.69, 9.17) is 10.5 Å². The second-order valence-corrected chi connectivity index (χ2v) is 8.71. The van der Waals surface area contributed by atoms with Crippen LogP contribution >= 0.6 is 31.9 Å². The maximum absolute atomic E-state index is 11.1. The summed E-state index contributed by atoms with van der Waals surface area (Å²) in [5.74, 6) is 0.608. The first-order valence-corrected chi connectivity index (χ1v) is 9.91. The summed E-state index contributed by atoms with van der Waals surface area (Å²) in [6.07, 6.45) is 2.90. The second-order valence-electron chi connectivity index (χ2n) is 4.74. The number of hydrogen-bond donors (Lipinski definition) is 1. The van der Waals surface area contributed by atoms with Crippen LogP contribution in [0.3, 0.4) is 0 Å². The minimum Gasteiger partial charge on any atom is -0.490 e. The van der Waals surface area contributed by atoms with Crippen molar-refractivity contribution in [2.45, 2.75) is 25.8 Å². The summed E-state index contributed by atoms with van der Waals surface area (Å²) in [5.41, 5.74) is 7.05. The van der Waals surface area contributed by atoms with E-state index in [0.717, 1.165) is 27.4 Å². The van der Waals surface area contributed by atoms with Gasteiger partial charge in [-0.3, -0.25) is 0 Å². The molecular weight excluding hydrogens is 410 g/mol. The number of ether oxygens (including phenoxy) is 1. The Morgan fingerprint density at radius 2 is 1.85 bits per heavy atom. The predicted molar refractivity (Wildman–Crippen MR) is 89.0 cm³/mol. The lowest BCUT2D eigenvalue weighted by atomic mass is 10.0. The van der Waals surface area contributed by atoms with Crippen molar-refractivity contribution in [1.82, 2.24) is 0 Å². The third-order valence-electron chi connectivity index (χ3n) is 2.78. The zero-order chi connectivity index (χ0) is 15.3. The molecule has 1 rings (SSSR count). The fourth-order valence-corrected chi connectivity index (χ4v) is 3.51. The molecule has 0 fully saturated rings. The van der Waals surface area contributed by atoms with Crippen LogP contribution in [-0.2, 0) is 16.3 Å². The third-order valence-corrected chi connectivity index (χ3v) is 4.87. The smallest absolute Gasteiger partial charge is 0.150 e. The topological polar surface area (TPSA) is 69.4 Å². The first-order chi connectivity index (χ1) is 9.23. The van der Waals surface area contributed by atoms with Gasteiger partial charge in [0.25, 0.3) is 0 Å². The molecule has 0 radical (unpaired) electrons. The summed E-state index contributed by atoms with van der Waals surface area (Å²) in [6.45, 7) is 2.18. The Hall–Kier alpha value is -0.110. The van der Waals surface area contributed by atoms with E-state index in [0.29, 0.717) is 5.75 Å². The van der Waals surface area contributed by atoms with Crippen molar-refractivity contribution in [2.75, 3.05) is 18.6 Å². The van der Waals surface area contributed by atoms with E-state index in [1.165, 1.54) is 6.26 Å². The molecule has 0 amide bonds. The van der Waals surface area contributed by atoms with E-state index < -0.39 is 9.84 Å². The molecule has 1 atom stereocenters. The van der Waals surface area contributed by atoms with Gasteiger partial charge in [0.05, 0.1) is 14.7 Å². The van der Waals surface area contributed by atoms with Gasteiger partial charge < -0.3 is 10.5 Å². The van der Waals surface area contributed by atoms with Crippen LogP contribution < -0.4 is 10.5 Å². The van der Waals surface area contributed by atoms with Gasteiger partial charge in [0.1, 0.15) is 12.4 Å². The lowest BCUT2D eigenvalue weighted by Gasteiger charge is -2.14. The van der Waals surface area contributed by atoms with Gasteiger partial charge in [0.2, 0.25) is 0 Å². The molecule has 0 spiro atoms. The molecule has 0 saturated carbocycles. The maximum Gasteiger partial charge on any atom is 0.150 e. The van der Waals surface area contributed by atoms with Crippen LogP contribution in [0.4, 0.5) is 0 Å². The Bertz CT molecular complexity index is 538. The van der Waals surface area contributed by atoms with Crippen molar-refractivity contribution in [1.29, 1.82) is 0 Å². The van der Waals surface area contributed by atoms with E-state index in [1.807, 2.05) is 12.1 Å². The molecular formula is C13H19Br2NO3S. The average molecular weight is 429 g/mol. The van der Waals surface area contributed by atoms with Gasteiger partial charge in [-0.2, -0.15) is 0 Å². The molecule has 1 unspecified atom stereocenters. The number of hydrogen-bond acceptors (Lipinski definition) is 4. The lowest BCUT2D eigenvalue weighted by molar-refractivity contribution is 0.336. The Morgan fingerprint density at radius 1 is 1.30 bits per heavy atom. The second kappa shape index (κ2) is 7.77. The van der Waals surface area contributed by atoms with Crippen molar-refractivity contribution in [3.63, 3.8) is 0 Å². The average Bonchev–Trinajstić information content (AvgIpc) is 2.31. The molecule has 2 N–H and O–H groups in total. The first kappa shape index (κ1) is 17.9. The van der Waals surface area contributed by atoms with E-state index in [2.05, 4.69) is 38.8 Å². The molecule has 1 aromatic carbocycles. The summed E-state index contributed by atoms with van der Waals surface area (Å²) >= 11 is 6.89. The standard InChI is InChI=1S/C13H19Br2NO3S/c1-3-10(16)6-9-7-11(14)13(12(15)8-9)19-4-5-20(2,17)18/h7-8,10H,3-6,16H2,1-2H3. The van der Waals surface area contributed by atoms with Crippen LogP contribution in [0.2, 0.25) is 0 Å². The summed E-state index contributed by atoms with van der Waals surface area (Å²) < 4.78 is 29.3. The summed E-state index contributed by atoms with van der Waals surface area (Å²) in [7, 11) is -3.02. The van der Waals surface area contributed by atoms with Gasteiger partial charge in [-0.1, -0.05) is 6.92 Å². The van der Waals surface area contributed by atoms with Crippen molar-refractivity contribution >= 4 is 41.7 Å². The quantitative estimate of drug-likeness (QED) is 0.724. The molecule has 4 nitrogen and oxygen atoms in total. The molecule has 0 aliphatic rings. The van der Waals surface area contributed by atoms with Gasteiger partial charge in [-0.25, -0.2) is 8.42 Å². The summed E-state index contributed by atoms with van der Waals surface area (Å²) in [6, 6.07) is 4.04. The zero-order valence-corrected chi connectivity index (χ0v) is 15.5. The molecule has 114 valence electrons. The number of benzene rings is 1. The number of sulfone groups is 1. The van der Waals surface area contributed by atoms with E-state index in [1.54, 1.807) is 0 Å². The molecule has 0 aliphatic heterocycles. The van der Waals surface area contributed by atoms with Crippen LogP contribution in [0.15, 0.2) is 21.1 Å². The minimum atomic E-state index is -3.02. The molecule has 0 heterocycles. The molecule has 0 bridgehead atoms. The highest BCUT2D eigenvalue weighted by Gasteiger charge is 2.12. The van der Waals surface area contributed by atoms with Crippen molar-refractivity contribution in [2.24, 2.45) is 5.73 Å². The SMILES string of the molecule is CCC(N)Cc1cc(Br)c(OCCS(C)(=O)=O)c(Br)c1. The van der Waals surface area contributed by atoms with Crippen molar-refractivity contribution in [3.05, 3.63) is 26.6 Å². The lowest BCUT2D eigenvalue weighted by Crippen LogP contribution is -2.21. The minimum absolute atomic E-state index is 0.00561. The first-order valence-electron chi connectivity index (χ1n) is 6.27. The molecule has 0 aliphatic carbocycles. The Labute approximate surface area is 137 Å². The fraction of sp³-hybridized carbons (Fsp3) is 0.538. The number of nitrogens with two attached hydrogens (primary N) is 1. The van der Waals surface area contributed by atoms with E-state index >= 15 is 0 Å². The van der Waals surface area contributed by atoms with Gasteiger partial charge in [0, 0.05) is 12.3 Å². The Balaban J connectivity index is 2.79. The Morgan fingerprint density at radius 3 is 2.30 bits per heavy atom. The largest absolute Gasteiger partial charge is 0.490 e. The van der Waals surface area contributed by atoms with Crippen LogP contribution in [-0.4, -0.2) is 33.1 Å². The van der Waals surface area contributed by atoms with Gasteiger partial charge in [-0.05, 0) is 62.4 Å².